The molecule has 0 aromatic heterocycles. The van der Waals surface area contributed by atoms with Crippen LogP contribution < -0.4 is 0 Å². The summed E-state index contributed by atoms with van der Waals surface area (Å²) in [5, 5.41) is 22.2. The van der Waals surface area contributed by atoms with Gasteiger partial charge in [-0.15, -0.1) is 0 Å². The van der Waals surface area contributed by atoms with Crippen LogP contribution in [0.15, 0.2) is 54.6 Å². The molecule has 29 heavy (non-hydrogen) atoms. The van der Waals surface area contributed by atoms with Crippen LogP contribution in [0.25, 0.3) is 21.9 Å². The topological polar surface area (TPSA) is 44.0 Å². The first-order chi connectivity index (χ1) is 14.1. The Hall–Kier alpha value is -2.79. The van der Waals surface area contributed by atoms with Crippen LogP contribution in [0.3, 0.4) is 0 Å². The molecule has 4 bridgehead atoms. The Balaban J connectivity index is 1.43. The van der Waals surface area contributed by atoms with Gasteiger partial charge in [-0.05, 0) is 114 Å². The number of nitriles is 1. The van der Waals surface area contributed by atoms with Gasteiger partial charge in [0.2, 0.25) is 0 Å². The van der Waals surface area contributed by atoms with E-state index in [4.69, 9.17) is 5.26 Å². The van der Waals surface area contributed by atoms with Crippen molar-refractivity contribution in [3.8, 4) is 22.9 Å². The number of rotatable bonds is 2. The molecule has 3 aromatic carbocycles. The van der Waals surface area contributed by atoms with Crippen molar-refractivity contribution in [1.82, 2.24) is 0 Å². The summed E-state index contributed by atoms with van der Waals surface area (Å²) in [6, 6.07) is 20.7. The van der Waals surface area contributed by atoms with Gasteiger partial charge in [-0.25, -0.2) is 0 Å². The summed E-state index contributed by atoms with van der Waals surface area (Å²) in [6.07, 6.45) is 8.00. The van der Waals surface area contributed by atoms with Crippen molar-refractivity contribution in [3.05, 3.63) is 65.7 Å². The maximum Gasteiger partial charge on any atom is 0.119 e. The number of aromatic hydroxyl groups is 1. The van der Waals surface area contributed by atoms with E-state index < -0.39 is 0 Å². The van der Waals surface area contributed by atoms with E-state index in [2.05, 4.69) is 30.3 Å². The lowest BCUT2D eigenvalue weighted by atomic mass is 9.48. The molecule has 3 aromatic rings. The van der Waals surface area contributed by atoms with E-state index in [1.54, 1.807) is 0 Å². The fraction of sp³-hybridized carbons (Fsp3) is 0.370. The third-order valence-electron chi connectivity index (χ3n) is 7.91. The number of fused-ring (bicyclic) bond motifs is 1. The average molecular weight is 380 g/mol. The Labute approximate surface area is 171 Å². The molecule has 0 radical (unpaired) electrons. The highest BCUT2D eigenvalue weighted by molar-refractivity contribution is 5.88. The van der Waals surface area contributed by atoms with Gasteiger partial charge in [-0.1, -0.05) is 24.3 Å². The summed E-state index contributed by atoms with van der Waals surface area (Å²) in [5.41, 5.74) is 4.42. The normalized spacial score (nSPS) is 29.8. The van der Waals surface area contributed by atoms with E-state index in [0.717, 1.165) is 28.5 Å². The smallest absolute Gasteiger partial charge is 0.119 e. The zero-order chi connectivity index (χ0) is 19.6. The molecular formula is C27H25NO. The van der Waals surface area contributed by atoms with Gasteiger partial charge in [0.1, 0.15) is 5.75 Å². The quantitative estimate of drug-likeness (QED) is 0.548. The van der Waals surface area contributed by atoms with Crippen molar-refractivity contribution in [2.24, 2.45) is 17.8 Å². The predicted molar refractivity (Wildman–Crippen MR) is 116 cm³/mol. The first-order valence-electron chi connectivity index (χ1n) is 10.9. The molecule has 0 atom stereocenters. The van der Waals surface area contributed by atoms with Crippen molar-refractivity contribution in [3.63, 3.8) is 0 Å². The number of phenolic OH excluding ortho intramolecular Hbond substituents is 1. The van der Waals surface area contributed by atoms with Gasteiger partial charge in [-0.2, -0.15) is 5.26 Å². The van der Waals surface area contributed by atoms with E-state index in [9.17, 15) is 5.11 Å². The third-order valence-corrected chi connectivity index (χ3v) is 7.91. The fourth-order valence-electron chi connectivity index (χ4n) is 7.08. The number of benzene rings is 3. The highest BCUT2D eigenvalue weighted by atomic mass is 16.3. The standard InChI is InChI=1S/C27H25NO/c28-16-17-1-2-22-11-23(4-3-21(22)10-17)24-5-6-26(29)25(12-24)27-13-18-7-19(14-27)9-20(8-18)15-27/h1-6,10-12,18-20,29H,7-9,13-15H2. The van der Waals surface area contributed by atoms with Gasteiger partial charge >= 0.3 is 0 Å². The Morgan fingerprint density at radius 1 is 0.759 bits per heavy atom. The van der Waals surface area contributed by atoms with E-state index in [1.807, 2.05) is 30.3 Å². The van der Waals surface area contributed by atoms with Gasteiger partial charge in [-0.3, -0.25) is 0 Å². The van der Waals surface area contributed by atoms with Crippen molar-refractivity contribution in [2.45, 2.75) is 43.9 Å². The second-order valence-electron chi connectivity index (χ2n) is 9.82. The maximum absolute atomic E-state index is 10.8. The number of hydrogen-bond donors (Lipinski definition) is 1. The molecule has 0 spiro atoms. The summed E-state index contributed by atoms with van der Waals surface area (Å²) in [4.78, 5) is 0. The minimum Gasteiger partial charge on any atom is -0.508 e. The number of nitrogens with zero attached hydrogens (tertiary/aromatic N) is 1. The Morgan fingerprint density at radius 3 is 2.03 bits per heavy atom. The Morgan fingerprint density at radius 2 is 1.34 bits per heavy atom. The minimum absolute atomic E-state index is 0.188. The Bertz CT molecular complexity index is 1130. The lowest BCUT2D eigenvalue weighted by Crippen LogP contribution is -2.48. The summed E-state index contributed by atoms with van der Waals surface area (Å²) in [7, 11) is 0. The average Bonchev–Trinajstić information content (AvgIpc) is 2.72. The molecule has 0 saturated heterocycles. The molecule has 0 unspecified atom stereocenters. The molecule has 2 heteroatoms. The molecule has 1 N–H and O–H groups in total. The first-order valence-corrected chi connectivity index (χ1v) is 10.9. The van der Waals surface area contributed by atoms with Gasteiger partial charge in [0.25, 0.3) is 0 Å². The number of hydrogen-bond acceptors (Lipinski definition) is 2. The molecule has 4 aliphatic carbocycles. The van der Waals surface area contributed by atoms with Gasteiger partial charge < -0.3 is 5.11 Å². The molecule has 2 nitrogen and oxygen atoms in total. The molecule has 4 saturated carbocycles. The summed E-state index contributed by atoms with van der Waals surface area (Å²) < 4.78 is 0. The summed E-state index contributed by atoms with van der Waals surface area (Å²) in [5.74, 6) is 3.06. The lowest BCUT2D eigenvalue weighted by Gasteiger charge is -2.57. The van der Waals surface area contributed by atoms with Crippen LogP contribution in [-0.2, 0) is 5.41 Å². The van der Waals surface area contributed by atoms with Crippen LogP contribution in [0.2, 0.25) is 0 Å². The van der Waals surface area contributed by atoms with Gasteiger partial charge in [0, 0.05) is 5.56 Å². The molecule has 144 valence electrons. The molecule has 7 rings (SSSR count). The maximum atomic E-state index is 10.8. The van der Waals surface area contributed by atoms with Gasteiger partial charge in [0.15, 0.2) is 0 Å². The van der Waals surface area contributed by atoms with E-state index in [1.165, 1.54) is 55.2 Å². The van der Waals surface area contributed by atoms with Gasteiger partial charge in [0.05, 0.1) is 11.6 Å². The molecular weight excluding hydrogens is 354 g/mol. The second kappa shape index (κ2) is 6.10. The highest BCUT2D eigenvalue weighted by Crippen LogP contribution is 2.62. The van der Waals surface area contributed by atoms with Crippen LogP contribution in [0.1, 0.15) is 49.7 Å². The van der Waals surface area contributed by atoms with Crippen molar-refractivity contribution in [1.29, 1.82) is 5.26 Å². The van der Waals surface area contributed by atoms with Crippen molar-refractivity contribution in [2.75, 3.05) is 0 Å². The molecule has 0 aliphatic heterocycles. The minimum atomic E-state index is 0.188. The summed E-state index contributed by atoms with van der Waals surface area (Å²) >= 11 is 0. The zero-order valence-corrected chi connectivity index (χ0v) is 16.6. The molecule has 0 amide bonds. The van der Waals surface area contributed by atoms with Crippen LogP contribution in [0, 0.1) is 29.1 Å². The molecule has 4 fully saturated rings. The van der Waals surface area contributed by atoms with Crippen LogP contribution in [0.5, 0.6) is 5.75 Å². The van der Waals surface area contributed by atoms with Crippen LogP contribution in [-0.4, -0.2) is 5.11 Å². The highest BCUT2D eigenvalue weighted by Gasteiger charge is 2.52. The second-order valence-corrected chi connectivity index (χ2v) is 9.82. The van der Waals surface area contributed by atoms with Crippen LogP contribution >= 0.6 is 0 Å². The van der Waals surface area contributed by atoms with E-state index in [-0.39, 0.29) is 5.41 Å². The Kier molecular flexibility index (Phi) is 3.60. The largest absolute Gasteiger partial charge is 0.508 e. The molecule has 0 heterocycles. The SMILES string of the molecule is N#Cc1ccc2cc(-c3ccc(O)c(C45CC6CC(CC(C6)C4)C5)c3)ccc2c1. The number of phenols is 1. The summed E-state index contributed by atoms with van der Waals surface area (Å²) in [6.45, 7) is 0. The zero-order valence-electron chi connectivity index (χ0n) is 16.6. The van der Waals surface area contributed by atoms with E-state index >= 15 is 0 Å². The van der Waals surface area contributed by atoms with Crippen LogP contribution in [0.4, 0.5) is 0 Å². The molecule has 4 aliphatic rings. The van der Waals surface area contributed by atoms with E-state index in [0.29, 0.717) is 11.3 Å². The lowest BCUT2D eigenvalue weighted by molar-refractivity contribution is -0.00611. The fourth-order valence-corrected chi connectivity index (χ4v) is 7.08. The van der Waals surface area contributed by atoms with Crippen molar-refractivity contribution < 1.29 is 5.11 Å². The third kappa shape index (κ3) is 2.68. The first kappa shape index (κ1) is 17.1. The van der Waals surface area contributed by atoms with Crippen molar-refractivity contribution >= 4 is 10.8 Å². The predicted octanol–water partition coefficient (Wildman–Crippen LogP) is 6.55. The monoisotopic (exact) mass is 379 g/mol.